The smallest absolute Gasteiger partial charge is 0.139 e. The fourth-order valence-electron chi connectivity index (χ4n) is 7.70. The monoisotopic (exact) mass is 591 g/mol. The molecule has 4 nitrogen and oxygen atoms in total. The molecule has 4 aromatic heterocycles. The lowest BCUT2D eigenvalue weighted by molar-refractivity contribution is 0.595. The van der Waals surface area contributed by atoms with Gasteiger partial charge in [-0.15, -0.1) is 0 Å². The molecule has 0 spiro atoms. The van der Waals surface area contributed by atoms with E-state index in [2.05, 4.69) is 114 Å². The highest BCUT2D eigenvalue weighted by atomic mass is 16.3. The molecule has 0 atom stereocenters. The molecular weight excluding hydrogens is 566 g/mol. The van der Waals surface area contributed by atoms with Crippen LogP contribution in [0.25, 0.3) is 99.5 Å². The minimum atomic E-state index is 0.836. The molecule has 0 bridgehead atoms. The van der Waals surface area contributed by atoms with Crippen LogP contribution >= 0.6 is 0 Å². The Kier molecular flexibility index (Phi) is 4.66. The van der Waals surface area contributed by atoms with E-state index in [1.165, 1.54) is 27.2 Å². The summed E-state index contributed by atoms with van der Waals surface area (Å²) in [7, 11) is 0. The van der Waals surface area contributed by atoms with Gasteiger partial charge in [0.2, 0.25) is 0 Å². The van der Waals surface area contributed by atoms with Crippen LogP contribution in [0.4, 0.5) is 0 Å². The fraction of sp³-hybridized carbons (Fsp3) is 0.0476. The number of allylic oxidation sites excluding steroid dienone is 1. The van der Waals surface area contributed by atoms with Crippen LogP contribution in [0.2, 0.25) is 0 Å². The molecule has 0 unspecified atom stereocenters. The first kappa shape index (κ1) is 24.3. The standard InChI is InChI=1S/C42H25NO3/c1-4-10-35-27(7-1)30-20-32-28-8-2-5-11-37(28)44-40(32)22-36(30)43(35)26-16-13-24(14-17-26)25-15-18-39-31(19-25)34-21-33-29-9-3-6-12-38(29)45-41(33)23-42(34)46-39/h1,3-7,9-23H,2,8H2. The third-order valence-electron chi connectivity index (χ3n) is 9.87. The Morgan fingerprint density at radius 1 is 0.457 bits per heavy atom. The van der Waals surface area contributed by atoms with Crippen LogP contribution in [0.3, 0.4) is 0 Å². The summed E-state index contributed by atoms with van der Waals surface area (Å²) >= 11 is 0. The van der Waals surface area contributed by atoms with Gasteiger partial charge in [0.05, 0.1) is 11.0 Å². The third kappa shape index (κ3) is 3.28. The van der Waals surface area contributed by atoms with Gasteiger partial charge >= 0.3 is 0 Å². The number of para-hydroxylation sites is 2. The predicted molar refractivity (Wildman–Crippen MR) is 188 cm³/mol. The molecule has 0 N–H and O–H groups in total. The molecule has 4 heterocycles. The zero-order valence-electron chi connectivity index (χ0n) is 24.7. The second kappa shape index (κ2) is 8.80. The van der Waals surface area contributed by atoms with Gasteiger partial charge in [-0.3, -0.25) is 0 Å². The maximum atomic E-state index is 6.35. The molecule has 216 valence electrons. The van der Waals surface area contributed by atoms with Gasteiger partial charge < -0.3 is 17.8 Å². The van der Waals surface area contributed by atoms with Crippen molar-refractivity contribution in [2.45, 2.75) is 12.8 Å². The average molecular weight is 592 g/mol. The Morgan fingerprint density at radius 2 is 1.15 bits per heavy atom. The Balaban J connectivity index is 1.05. The maximum absolute atomic E-state index is 6.35. The molecule has 10 aromatic rings. The van der Waals surface area contributed by atoms with Gasteiger partial charge in [-0.25, -0.2) is 0 Å². The lowest BCUT2D eigenvalue weighted by Crippen LogP contribution is -1.93. The summed E-state index contributed by atoms with van der Waals surface area (Å²) < 4.78 is 21.1. The van der Waals surface area contributed by atoms with Crippen LogP contribution in [-0.2, 0) is 6.42 Å². The molecule has 0 amide bonds. The first-order chi connectivity index (χ1) is 22.8. The maximum Gasteiger partial charge on any atom is 0.139 e. The number of furan rings is 3. The van der Waals surface area contributed by atoms with E-state index in [0.717, 1.165) is 90.4 Å². The van der Waals surface area contributed by atoms with E-state index in [9.17, 15) is 0 Å². The highest BCUT2D eigenvalue weighted by Crippen LogP contribution is 2.40. The highest BCUT2D eigenvalue weighted by Gasteiger charge is 2.20. The van der Waals surface area contributed by atoms with E-state index in [1.807, 2.05) is 18.2 Å². The molecule has 0 aliphatic heterocycles. The molecule has 0 saturated heterocycles. The number of benzene rings is 6. The largest absolute Gasteiger partial charge is 0.456 e. The second-order valence-electron chi connectivity index (χ2n) is 12.4. The van der Waals surface area contributed by atoms with E-state index in [-0.39, 0.29) is 0 Å². The molecule has 4 heteroatoms. The van der Waals surface area contributed by atoms with Crippen molar-refractivity contribution >= 4 is 82.7 Å². The molecule has 1 aliphatic rings. The van der Waals surface area contributed by atoms with Crippen molar-refractivity contribution in [3.63, 3.8) is 0 Å². The van der Waals surface area contributed by atoms with Crippen LogP contribution in [0, 0.1) is 0 Å². The van der Waals surface area contributed by atoms with Crippen molar-refractivity contribution in [2.75, 3.05) is 0 Å². The lowest BCUT2D eigenvalue weighted by Gasteiger charge is -2.09. The third-order valence-corrected chi connectivity index (χ3v) is 9.87. The van der Waals surface area contributed by atoms with Gasteiger partial charge in [0, 0.05) is 61.1 Å². The molecular formula is C42H25NO3. The van der Waals surface area contributed by atoms with Gasteiger partial charge in [-0.1, -0.05) is 60.7 Å². The van der Waals surface area contributed by atoms with Crippen LogP contribution in [0.15, 0.2) is 135 Å². The highest BCUT2D eigenvalue weighted by molar-refractivity contribution is 6.16. The van der Waals surface area contributed by atoms with Crippen molar-refractivity contribution < 1.29 is 13.3 Å². The topological polar surface area (TPSA) is 44.4 Å². The van der Waals surface area contributed by atoms with Crippen LogP contribution in [0.5, 0.6) is 0 Å². The predicted octanol–water partition coefficient (Wildman–Crippen LogP) is 12.0. The Morgan fingerprint density at radius 3 is 2.04 bits per heavy atom. The number of aromatic nitrogens is 1. The minimum absolute atomic E-state index is 0.836. The molecule has 0 saturated carbocycles. The number of hydrogen-bond acceptors (Lipinski definition) is 3. The van der Waals surface area contributed by atoms with Crippen LogP contribution in [0.1, 0.15) is 17.7 Å². The first-order valence-corrected chi connectivity index (χ1v) is 15.8. The molecule has 0 radical (unpaired) electrons. The Bertz CT molecular complexity index is 2910. The molecule has 1 aliphatic carbocycles. The number of hydrogen-bond donors (Lipinski definition) is 0. The normalized spacial score (nSPS) is 13.4. The summed E-state index contributed by atoms with van der Waals surface area (Å²) in [6.07, 6.45) is 6.41. The van der Waals surface area contributed by atoms with Crippen molar-refractivity contribution in [3.8, 4) is 16.8 Å². The zero-order valence-corrected chi connectivity index (χ0v) is 24.7. The van der Waals surface area contributed by atoms with E-state index in [1.54, 1.807) is 0 Å². The van der Waals surface area contributed by atoms with Crippen molar-refractivity contribution in [1.29, 1.82) is 0 Å². The number of rotatable bonds is 2. The van der Waals surface area contributed by atoms with Crippen LogP contribution in [-0.4, -0.2) is 4.57 Å². The summed E-state index contributed by atoms with van der Waals surface area (Å²) in [5.41, 5.74) is 11.5. The lowest BCUT2D eigenvalue weighted by atomic mass is 10.00. The molecule has 11 rings (SSSR count). The van der Waals surface area contributed by atoms with Gasteiger partial charge in [0.1, 0.15) is 33.7 Å². The molecule has 0 fully saturated rings. The molecule has 6 aromatic carbocycles. The van der Waals surface area contributed by atoms with Gasteiger partial charge in [0.15, 0.2) is 0 Å². The SMILES string of the molecule is C1=Cc2oc3cc4c(cc3c2CC1)c1ccccc1n4-c1ccc(-c2ccc3oc4cc5oc6ccccc6c5cc4c3c2)cc1. The van der Waals surface area contributed by atoms with E-state index in [4.69, 9.17) is 13.3 Å². The summed E-state index contributed by atoms with van der Waals surface area (Å²) in [5.74, 6) is 0.999. The molecule has 46 heavy (non-hydrogen) atoms. The summed E-state index contributed by atoms with van der Waals surface area (Å²) in [5, 5.41) is 8.16. The second-order valence-corrected chi connectivity index (χ2v) is 12.4. The van der Waals surface area contributed by atoms with Crippen molar-refractivity contribution in [2.24, 2.45) is 0 Å². The minimum Gasteiger partial charge on any atom is -0.456 e. The first-order valence-electron chi connectivity index (χ1n) is 15.8. The zero-order chi connectivity index (χ0) is 29.9. The van der Waals surface area contributed by atoms with Gasteiger partial charge in [-0.05, 0) is 78.6 Å². The summed E-state index contributed by atoms with van der Waals surface area (Å²) in [4.78, 5) is 0. The van der Waals surface area contributed by atoms with Crippen molar-refractivity contribution in [3.05, 3.63) is 133 Å². The van der Waals surface area contributed by atoms with E-state index in [0.29, 0.717) is 0 Å². The van der Waals surface area contributed by atoms with E-state index < -0.39 is 0 Å². The van der Waals surface area contributed by atoms with E-state index >= 15 is 0 Å². The Labute approximate surface area is 262 Å². The van der Waals surface area contributed by atoms with Crippen molar-refractivity contribution in [1.82, 2.24) is 4.57 Å². The summed E-state index contributed by atoms with van der Waals surface area (Å²) in [6, 6.07) is 41.0. The quantitative estimate of drug-likeness (QED) is 0.201. The number of fused-ring (bicyclic) bond motifs is 12. The average Bonchev–Trinajstić information content (AvgIpc) is 3.84. The van der Waals surface area contributed by atoms with Gasteiger partial charge in [-0.2, -0.15) is 0 Å². The van der Waals surface area contributed by atoms with Gasteiger partial charge in [0.25, 0.3) is 0 Å². The number of aryl methyl sites for hydroxylation is 1. The van der Waals surface area contributed by atoms with Crippen LogP contribution < -0.4 is 0 Å². The Hall–Kier alpha value is -6.00. The number of nitrogens with zero attached hydrogens (tertiary/aromatic N) is 1. The summed E-state index contributed by atoms with van der Waals surface area (Å²) in [6.45, 7) is 0. The fourth-order valence-corrected chi connectivity index (χ4v) is 7.70.